The fourth-order valence-electron chi connectivity index (χ4n) is 4.25. The van der Waals surface area contributed by atoms with Gasteiger partial charge in [0.25, 0.3) is 0 Å². The molecule has 2 saturated heterocycles. The first kappa shape index (κ1) is 14.2. The molecule has 1 saturated carbocycles. The van der Waals surface area contributed by atoms with Crippen LogP contribution in [0.25, 0.3) is 0 Å². The Labute approximate surface area is 132 Å². The smallest absolute Gasteiger partial charge is 0.223 e. The minimum absolute atomic E-state index is 0.0908. The predicted molar refractivity (Wildman–Crippen MR) is 85.2 cm³/mol. The first-order valence-electron chi connectivity index (χ1n) is 8.67. The lowest BCUT2D eigenvalue weighted by Gasteiger charge is -2.46. The van der Waals surface area contributed by atoms with Crippen LogP contribution in [0.5, 0.6) is 0 Å². The number of piperidine rings is 1. The molecule has 22 heavy (non-hydrogen) atoms. The highest BCUT2D eigenvalue weighted by Crippen LogP contribution is 2.40. The molecule has 4 rings (SSSR count). The maximum atomic E-state index is 12.5. The van der Waals surface area contributed by atoms with E-state index in [1.54, 1.807) is 0 Å². The molecule has 0 radical (unpaired) electrons. The molecular formula is C18H25N3O. The first-order valence-corrected chi connectivity index (χ1v) is 8.67. The lowest BCUT2D eigenvalue weighted by molar-refractivity contribution is -0.133. The quantitative estimate of drug-likeness (QED) is 0.857. The summed E-state index contributed by atoms with van der Waals surface area (Å²) in [5, 5.41) is 0. The number of carbonyl (C=O) groups excluding carboxylic acids is 1. The third-order valence-corrected chi connectivity index (χ3v) is 5.62. The molecule has 0 bridgehead atoms. The van der Waals surface area contributed by atoms with E-state index in [0.29, 0.717) is 5.91 Å². The molecular weight excluding hydrogens is 274 g/mol. The van der Waals surface area contributed by atoms with Gasteiger partial charge in [-0.3, -0.25) is 9.78 Å². The number of pyridine rings is 1. The van der Waals surface area contributed by atoms with E-state index >= 15 is 0 Å². The molecule has 4 heteroatoms. The van der Waals surface area contributed by atoms with Crippen LogP contribution < -0.4 is 0 Å². The van der Waals surface area contributed by atoms with Gasteiger partial charge in [-0.2, -0.15) is 0 Å². The number of nitrogens with zero attached hydrogens (tertiary/aromatic N) is 3. The van der Waals surface area contributed by atoms with Crippen molar-refractivity contribution in [2.75, 3.05) is 19.6 Å². The Morgan fingerprint density at radius 2 is 2.05 bits per heavy atom. The SMILES string of the molecule is O=C1CCC2(CCCN(CC3CC3)C2)N1Cc1ccncc1. The molecule has 0 aromatic carbocycles. The topological polar surface area (TPSA) is 36.4 Å². The molecule has 2 aliphatic heterocycles. The van der Waals surface area contributed by atoms with Gasteiger partial charge in [0, 0.05) is 38.4 Å². The maximum Gasteiger partial charge on any atom is 0.223 e. The molecule has 1 aromatic heterocycles. The first-order chi connectivity index (χ1) is 10.8. The number of rotatable bonds is 4. The van der Waals surface area contributed by atoms with Crippen LogP contribution in [0, 0.1) is 5.92 Å². The van der Waals surface area contributed by atoms with E-state index in [9.17, 15) is 4.79 Å². The highest BCUT2D eigenvalue weighted by molar-refractivity contribution is 5.79. The summed E-state index contributed by atoms with van der Waals surface area (Å²) in [6.45, 7) is 4.30. The average Bonchev–Trinajstić information content (AvgIpc) is 3.31. The van der Waals surface area contributed by atoms with Crippen LogP contribution in [-0.4, -0.2) is 45.9 Å². The van der Waals surface area contributed by atoms with Crippen molar-refractivity contribution < 1.29 is 4.79 Å². The number of hydrogen-bond donors (Lipinski definition) is 0. The van der Waals surface area contributed by atoms with Gasteiger partial charge in [-0.1, -0.05) is 0 Å². The van der Waals surface area contributed by atoms with Crippen molar-refractivity contribution in [3.63, 3.8) is 0 Å². The second-order valence-corrected chi connectivity index (χ2v) is 7.34. The monoisotopic (exact) mass is 299 g/mol. The lowest BCUT2D eigenvalue weighted by atomic mass is 9.86. The van der Waals surface area contributed by atoms with Crippen molar-refractivity contribution in [1.29, 1.82) is 0 Å². The molecule has 3 aliphatic rings. The number of amides is 1. The normalized spacial score (nSPS) is 29.5. The minimum atomic E-state index is 0.0908. The highest BCUT2D eigenvalue weighted by atomic mass is 16.2. The van der Waals surface area contributed by atoms with Crippen molar-refractivity contribution in [2.45, 2.75) is 50.6 Å². The molecule has 3 heterocycles. The molecule has 0 N–H and O–H groups in total. The Morgan fingerprint density at radius 1 is 1.23 bits per heavy atom. The molecule has 1 aromatic rings. The summed E-state index contributed by atoms with van der Waals surface area (Å²) < 4.78 is 0. The van der Waals surface area contributed by atoms with E-state index in [1.807, 2.05) is 24.5 Å². The van der Waals surface area contributed by atoms with Crippen LogP contribution in [-0.2, 0) is 11.3 Å². The highest BCUT2D eigenvalue weighted by Gasteiger charge is 2.47. The van der Waals surface area contributed by atoms with E-state index in [2.05, 4.69) is 14.8 Å². The maximum absolute atomic E-state index is 12.5. The second-order valence-electron chi connectivity index (χ2n) is 7.34. The zero-order valence-corrected chi connectivity index (χ0v) is 13.2. The number of aromatic nitrogens is 1. The van der Waals surface area contributed by atoms with Crippen molar-refractivity contribution in [2.24, 2.45) is 5.92 Å². The standard InChI is InChI=1S/C18H25N3O/c22-17-4-8-18(21(17)13-16-5-9-19-10-6-16)7-1-11-20(14-18)12-15-2-3-15/h5-6,9-10,15H,1-4,7-8,11-14H2. The summed E-state index contributed by atoms with van der Waals surface area (Å²) in [6, 6.07) is 4.06. The fourth-order valence-corrected chi connectivity index (χ4v) is 4.25. The summed E-state index contributed by atoms with van der Waals surface area (Å²) >= 11 is 0. The van der Waals surface area contributed by atoms with Gasteiger partial charge in [0.05, 0.1) is 5.54 Å². The molecule has 1 unspecified atom stereocenters. The van der Waals surface area contributed by atoms with Crippen LogP contribution in [0.4, 0.5) is 0 Å². The largest absolute Gasteiger partial charge is 0.331 e. The summed E-state index contributed by atoms with van der Waals surface area (Å²) in [5.74, 6) is 1.27. The van der Waals surface area contributed by atoms with Gasteiger partial charge in [-0.05, 0) is 62.3 Å². The van der Waals surface area contributed by atoms with Crippen molar-refractivity contribution in [3.8, 4) is 0 Å². The Kier molecular flexibility index (Phi) is 3.65. The molecule has 1 atom stereocenters. The molecule has 118 valence electrons. The molecule has 3 fully saturated rings. The van der Waals surface area contributed by atoms with Gasteiger partial charge in [0.15, 0.2) is 0 Å². The third-order valence-electron chi connectivity index (χ3n) is 5.62. The van der Waals surface area contributed by atoms with Gasteiger partial charge < -0.3 is 9.80 Å². The fraction of sp³-hybridized carbons (Fsp3) is 0.667. The lowest BCUT2D eigenvalue weighted by Crippen LogP contribution is -2.56. The average molecular weight is 299 g/mol. The van der Waals surface area contributed by atoms with Crippen molar-refractivity contribution >= 4 is 5.91 Å². The van der Waals surface area contributed by atoms with Gasteiger partial charge in [0.2, 0.25) is 5.91 Å². The van der Waals surface area contributed by atoms with Gasteiger partial charge >= 0.3 is 0 Å². The summed E-state index contributed by atoms with van der Waals surface area (Å²) in [7, 11) is 0. The van der Waals surface area contributed by atoms with Gasteiger partial charge in [-0.25, -0.2) is 0 Å². The van der Waals surface area contributed by atoms with Crippen LogP contribution >= 0.6 is 0 Å². The van der Waals surface area contributed by atoms with Crippen LogP contribution in [0.15, 0.2) is 24.5 Å². The molecule has 4 nitrogen and oxygen atoms in total. The summed E-state index contributed by atoms with van der Waals surface area (Å²) in [4.78, 5) is 21.4. The van der Waals surface area contributed by atoms with E-state index < -0.39 is 0 Å². The van der Waals surface area contributed by atoms with Crippen LogP contribution in [0.3, 0.4) is 0 Å². The molecule has 1 amide bonds. The zero-order valence-electron chi connectivity index (χ0n) is 13.2. The number of likely N-dealkylation sites (tertiary alicyclic amines) is 2. The van der Waals surface area contributed by atoms with E-state index in [1.165, 1.54) is 44.3 Å². The predicted octanol–water partition coefficient (Wildman–Crippen LogP) is 2.45. The second kappa shape index (κ2) is 5.65. The summed E-state index contributed by atoms with van der Waals surface area (Å²) in [5.41, 5.74) is 1.29. The van der Waals surface area contributed by atoms with Crippen molar-refractivity contribution in [3.05, 3.63) is 30.1 Å². The molecule has 1 spiro atoms. The number of carbonyl (C=O) groups is 1. The van der Waals surface area contributed by atoms with Crippen molar-refractivity contribution in [1.82, 2.24) is 14.8 Å². The Balaban J connectivity index is 1.51. The molecule has 1 aliphatic carbocycles. The third kappa shape index (κ3) is 2.76. The van der Waals surface area contributed by atoms with E-state index in [-0.39, 0.29) is 5.54 Å². The number of hydrogen-bond acceptors (Lipinski definition) is 3. The van der Waals surface area contributed by atoms with Gasteiger partial charge in [-0.15, -0.1) is 0 Å². The Bertz CT molecular complexity index is 543. The van der Waals surface area contributed by atoms with Crippen LogP contribution in [0.1, 0.15) is 44.1 Å². The van der Waals surface area contributed by atoms with Gasteiger partial charge in [0.1, 0.15) is 0 Å². The van der Waals surface area contributed by atoms with E-state index in [4.69, 9.17) is 0 Å². The van der Waals surface area contributed by atoms with Crippen LogP contribution in [0.2, 0.25) is 0 Å². The van der Waals surface area contributed by atoms with E-state index in [0.717, 1.165) is 31.8 Å². The zero-order chi connectivity index (χ0) is 15.0. The Morgan fingerprint density at radius 3 is 2.82 bits per heavy atom. The summed E-state index contributed by atoms with van der Waals surface area (Å²) in [6.07, 6.45) is 10.6. The Hall–Kier alpha value is -1.42. The minimum Gasteiger partial charge on any atom is -0.331 e.